The molecule has 1 aliphatic heterocycles. The van der Waals surface area contributed by atoms with Gasteiger partial charge in [0, 0.05) is 53.7 Å². The second-order valence-corrected chi connectivity index (χ2v) is 8.08. The van der Waals surface area contributed by atoms with E-state index in [0.29, 0.717) is 58.0 Å². The SMILES string of the molecule is NC(=O)c1ccccc1-c1ncc(-c2ccc(F)c(O)c2)c2nc(NC3CCOCC3)ncc12. The monoisotopic (exact) mass is 459 g/mol. The van der Waals surface area contributed by atoms with Crippen molar-refractivity contribution in [1.29, 1.82) is 0 Å². The molecule has 2 aromatic carbocycles. The molecule has 4 N–H and O–H groups in total. The summed E-state index contributed by atoms with van der Waals surface area (Å²) in [5, 5.41) is 13.9. The van der Waals surface area contributed by atoms with Crippen LogP contribution in [0.5, 0.6) is 5.75 Å². The van der Waals surface area contributed by atoms with Crippen LogP contribution in [0.15, 0.2) is 54.9 Å². The lowest BCUT2D eigenvalue weighted by Gasteiger charge is -2.23. The van der Waals surface area contributed by atoms with Crippen molar-refractivity contribution < 1.29 is 19.0 Å². The van der Waals surface area contributed by atoms with Crippen molar-refractivity contribution >= 4 is 22.8 Å². The van der Waals surface area contributed by atoms with Crippen molar-refractivity contribution in [2.24, 2.45) is 5.73 Å². The molecule has 34 heavy (non-hydrogen) atoms. The van der Waals surface area contributed by atoms with Gasteiger partial charge in [-0.1, -0.05) is 24.3 Å². The van der Waals surface area contributed by atoms with Gasteiger partial charge in [0.25, 0.3) is 0 Å². The maximum absolute atomic E-state index is 13.7. The molecule has 172 valence electrons. The number of halogens is 1. The van der Waals surface area contributed by atoms with Crippen LogP contribution < -0.4 is 11.1 Å². The van der Waals surface area contributed by atoms with Crippen molar-refractivity contribution in [3.8, 4) is 28.1 Å². The number of primary amides is 1. The first-order chi connectivity index (χ1) is 16.5. The topological polar surface area (TPSA) is 123 Å². The number of phenolic OH excluding ortho intramolecular Hbond substituents is 1. The number of fused-ring (bicyclic) bond motifs is 1. The lowest BCUT2D eigenvalue weighted by molar-refractivity contribution is 0.0903. The molecule has 0 aliphatic carbocycles. The Bertz CT molecular complexity index is 1390. The number of pyridine rings is 1. The van der Waals surface area contributed by atoms with Crippen LogP contribution in [-0.2, 0) is 4.74 Å². The van der Waals surface area contributed by atoms with Gasteiger partial charge in [0.15, 0.2) is 11.6 Å². The summed E-state index contributed by atoms with van der Waals surface area (Å²) in [5.74, 6) is -1.32. The molecule has 1 saturated heterocycles. The smallest absolute Gasteiger partial charge is 0.249 e. The third-order valence-electron chi connectivity index (χ3n) is 5.88. The van der Waals surface area contributed by atoms with Gasteiger partial charge < -0.3 is 20.9 Å². The molecule has 8 nitrogen and oxygen atoms in total. The highest BCUT2D eigenvalue weighted by Crippen LogP contribution is 2.35. The number of amides is 1. The highest BCUT2D eigenvalue weighted by atomic mass is 19.1. The molecular weight excluding hydrogens is 437 g/mol. The van der Waals surface area contributed by atoms with Crippen molar-refractivity contribution in [2.75, 3.05) is 18.5 Å². The van der Waals surface area contributed by atoms with Gasteiger partial charge in [-0.3, -0.25) is 9.78 Å². The molecule has 9 heteroatoms. The number of nitrogens with zero attached hydrogens (tertiary/aromatic N) is 3. The zero-order valence-corrected chi connectivity index (χ0v) is 18.2. The highest BCUT2D eigenvalue weighted by Gasteiger charge is 2.20. The molecule has 0 radical (unpaired) electrons. The Kier molecular flexibility index (Phi) is 5.77. The van der Waals surface area contributed by atoms with E-state index in [0.717, 1.165) is 12.8 Å². The number of nitrogens with two attached hydrogens (primary N) is 1. The number of carbonyl (C=O) groups excluding carboxylic acids is 1. The van der Waals surface area contributed by atoms with E-state index in [1.54, 1.807) is 42.7 Å². The average Bonchev–Trinajstić information content (AvgIpc) is 2.85. The van der Waals surface area contributed by atoms with Crippen LogP contribution >= 0.6 is 0 Å². The van der Waals surface area contributed by atoms with Crippen LogP contribution in [0.2, 0.25) is 0 Å². The minimum absolute atomic E-state index is 0.182. The van der Waals surface area contributed by atoms with Crippen LogP contribution in [0.25, 0.3) is 33.3 Å². The summed E-state index contributed by atoms with van der Waals surface area (Å²) in [7, 11) is 0. The van der Waals surface area contributed by atoms with Crippen LogP contribution in [0.4, 0.5) is 10.3 Å². The molecule has 5 rings (SSSR count). The third-order valence-corrected chi connectivity index (χ3v) is 5.88. The first kappa shape index (κ1) is 21.7. The van der Waals surface area contributed by atoms with E-state index in [1.807, 2.05) is 0 Å². The van der Waals surface area contributed by atoms with Gasteiger partial charge in [-0.15, -0.1) is 0 Å². The Labute approximate surface area is 194 Å². The van der Waals surface area contributed by atoms with Gasteiger partial charge >= 0.3 is 0 Å². The Morgan fingerprint density at radius 3 is 2.65 bits per heavy atom. The van der Waals surface area contributed by atoms with Gasteiger partial charge in [-0.05, 0) is 36.6 Å². The maximum Gasteiger partial charge on any atom is 0.249 e. The number of ether oxygens (including phenoxy) is 1. The lowest BCUT2D eigenvalue weighted by atomic mass is 9.98. The first-order valence-electron chi connectivity index (χ1n) is 10.9. The molecule has 2 aromatic heterocycles. The summed E-state index contributed by atoms with van der Waals surface area (Å²) in [6.45, 7) is 1.34. The molecule has 1 fully saturated rings. The van der Waals surface area contributed by atoms with Crippen molar-refractivity contribution in [3.63, 3.8) is 0 Å². The van der Waals surface area contributed by atoms with Crippen LogP contribution in [0.3, 0.4) is 0 Å². The normalized spacial score (nSPS) is 14.3. The van der Waals surface area contributed by atoms with Crippen LogP contribution in [-0.4, -0.2) is 45.2 Å². The molecule has 0 atom stereocenters. The molecule has 0 saturated carbocycles. The van der Waals surface area contributed by atoms with Gasteiger partial charge in [0.05, 0.1) is 11.2 Å². The minimum Gasteiger partial charge on any atom is -0.505 e. The molecule has 0 bridgehead atoms. The van der Waals surface area contributed by atoms with Crippen molar-refractivity contribution in [3.05, 3.63) is 66.2 Å². The Hall–Kier alpha value is -4.11. The Balaban J connectivity index is 1.70. The van der Waals surface area contributed by atoms with E-state index in [9.17, 15) is 14.3 Å². The number of nitrogens with one attached hydrogen (secondary N) is 1. The lowest BCUT2D eigenvalue weighted by Crippen LogP contribution is -2.28. The number of carbonyl (C=O) groups is 1. The zero-order valence-electron chi connectivity index (χ0n) is 18.2. The largest absolute Gasteiger partial charge is 0.505 e. The van der Waals surface area contributed by atoms with E-state index in [2.05, 4.69) is 15.3 Å². The van der Waals surface area contributed by atoms with E-state index in [1.165, 1.54) is 12.1 Å². The fourth-order valence-corrected chi connectivity index (χ4v) is 4.12. The number of hydrogen-bond donors (Lipinski definition) is 3. The van der Waals surface area contributed by atoms with Crippen molar-refractivity contribution in [2.45, 2.75) is 18.9 Å². The molecular formula is C25H22FN5O3. The van der Waals surface area contributed by atoms with Gasteiger partial charge in [0.2, 0.25) is 11.9 Å². The second-order valence-electron chi connectivity index (χ2n) is 8.08. The average molecular weight is 459 g/mol. The molecule has 0 unspecified atom stereocenters. The standard InChI is InChI=1S/C25H22FN5O3/c26-20-6-5-14(11-21(20)32)18-12-28-22(16-3-1-2-4-17(16)24(27)33)19-13-29-25(31-23(18)19)30-15-7-9-34-10-8-15/h1-6,11-13,15,32H,7-10H2,(H2,27,33)(H,29,30,31). The summed E-state index contributed by atoms with van der Waals surface area (Å²) >= 11 is 0. The predicted octanol–water partition coefficient (Wildman–Crippen LogP) is 3.89. The number of anilines is 1. The summed E-state index contributed by atoms with van der Waals surface area (Å²) < 4.78 is 19.1. The van der Waals surface area contributed by atoms with Crippen LogP contribution in [0.1, 0.15) is 23.2 Å². The van der Waals surface area contributed by atoms with E-state index < -0.39 is 17.5 Å². The summed E-state index contributed by atoms with van der Waals surface area (Å²) in [4.78, 5) is 25.9. The Morgan fingerprint density at radius 2 is 1.88 bits per heavy atom. The Morgan fingerprint density at radius 1 is 1.09 bits per heavy atom. The van der Waals surface area contributed by atoms with Gasteiger partial charge in [0.1, 0.15) is 0 Å². The molecule has 1 amide bonds. The summed E-state index contributed by atoms with van der Waals surface area (Å²) in [5.41, 5.74) is 8.65. The fraction of sp³-hybridized carbons (Fsp3) is 0.200. The van der Waals surface area contributed by atoms with E-state index >= 15 is 0 Å². The molecule has 4 aromatic rings. The number of phenols is 1. The van der Waals surface area contributed by atoms with E-state index in [-0.39, 0.29) is 6.04 Å². The van der Waals surface area contributed by atoms with Crippen LogP contribution in [0, 0.1) is 5.82 Å². The predicted molar refractivity (Wildman–Crippen MR) is 126 cm³/mol. The number of aromatic nitrogens is 3. The van der Waals surface area contributed by atoms with Crippen molar-refractivity contribution in [1.82, 2.24) is 15.0 Å². The van der Waals surface area contributed by atoms with Gasteiger partial charge in [-0.2, -0.15) is 0 Å². The van der Waals surface area contributed by atoms with Gasteiger partial charge in [-0.25, -0.2) is 14.4 Å². The first-order valence-corrected chi connectivity index (χ1v) is 10.9. The minimum atomic E-state index is -0.718. The molecule has 3 heterocycles. The number of benzene rings is 2. The summed E-state index contributed by atoms with van der Waals surface area (Å²) in [6.07, 6.45) is 4.92. The highest BCUT2D eigenvalue weighted by molar-refractivity contribution is 6.06. The molecule has 0 spiro atoms. The molecule has 1 aliphatic rings. The maximum atomic E-state index is 13.7. The number of rotatable bonds is 5. The second kappa shape index (κ2) is 9.03. The van der Waals surface area contributed by atoms with E-state index in [4.69, 9.17) is 15.5 Å². The number of aromatic hydroxyl groups is 1. The quantitative estimate of drug-likeness (QED) is 0.414. The zero-order chi connectivity index (χ0) is 23.7. The summed E-state index contributed by atoms with van der Waals surface area (Å²) in [6, 6.07) is 11.2. The number of hydrogen-bond acceptors (Lipinski definition) is 7. The fourth-order valence-electron chi connectivity index (χ4n) is 4.12. The third kappa shape index (κ3) is 4.13.